The van der Waals surface area contributed by atoms with Crippen LogP contribution in [-0.4, -0.2) is 23.8 Å². The standard InChI is InChI=1S/C21H14N2O6/c1-26-17-7-4-14(23(24)25)10-15(17)21-22-16-8-12(2-5-18(16)29-21)13-3-6-19-20(9-13)28-11-27-19/h2-10H,11H2,1H3. The average molecular weight is 390 g/mol. The molecule has 8 heteroatoms. The Morgan fingerprint density at radius 3 is 2.62 bits per heavy atom. The van der Waals surface area contributed by atoms with Crippen LogP contribution < -0.4 is 14.2 Å². The molecule has 0 bridgehead atoms. The maximum absolute atomic E-state index is 11.1. The zero-order valence-electron chi connectivity index (χ0n) is 15.2. The summed E-state index contributed by atoms with van der Waals surface area (Å²) in [4.78, 5) is 15.2. The smallest absolute Gasteiger partial charge is 0.270 e. The van der Waals surface area contributed by atoms with Gasteiger partial charge in [0, 0.05) is 12.1 Å². The van der Waals surface area contributed by atoms with E-state index in [4.69, 9.17) is 18.6 Å². The number of oxazole rings is 1. The van der Waals surface area contributed by atoms with Crippen LogP contribution in [0.3, 0.4) is 0 Å². The Morgan fingerprint density at radius 2 is 1.79 bits per heavy atom. The van der Waals surface area contributed by atoms with Crippen molar-refractivity contribution in [3.05, 3.63) is 64.7 Å². The number of ether oxygens (including phenoxy) is 3. The highest BCUT2D eigenvalue weighted by molar-refractivity contribution is 5.83. The van der Waals surface area contributed by atoms with Crippen molar-refractivity contribution >= 4 is 16.8 Å². The van der Waals surface area contributed by atoms with E-state index in [0.717, 1.165) is 16.9 Å². The van der Waals surface area contributed by atoms with Gasteiger partial charge in [0.15, 0.2) is 17.1 Å². The van der Waals surface area contributed by atoms with Crippen molar-refractivity contribution in [3.63, 3.8) is 0 Å². The van der Waals surface area contributed by atoms with Crippen molar-refractivity contribution in [2.24, 2.45) is 0 Å². The molecule has 0 spiro atoms. The third kappa shape index (κ3) is 2.91. The number of nitro groups is 1. The molecule has 4 aromatic rings. The minimum atomic E-state index is -0.469. The number of nitrogens with zero attached hydrogens (tertiary/aromatic N) is 2. The number of hydrogen-bond acceptors (Lipinski definition) is 7. The Balaban J connectivity index is 1.58. The fraction of sp³-hybridized carbons (Fsp3) is 0.0952. The normalized spacial score (nSPS) is 12.3. The zero-order valence-corrected chi connectivity index (χ0v) is 15.2. The van der Waals surface area contributed by atoms with Crippen LogP contribution in [0.15, 0.2) is 59.0 Å². The number of nitro benzene ring substituents is 1. The summed E-state index contributed by atoms with van der Waals surface area (Å²) in [7, 11) is 1.49. The van der Waals surface area contributed by atoms with Crippen molar-refractivity contribution in [2.75, 3.05) is 13.9 Å². The van der Waals surface area contributed by atoms with Crippen LogP contribution >= 0.6 is 0 Å². The van der Waals surface area contributed by atoms with Crippen molar-refractivity contribution < 1.29 is 23.6 Å². The van der Waals surface area contributed by atoms with Gasteiger partial charge in [0.1, 0.15) is 11.3 Å². The molecule has 1 aromatic heterocycles. The third-order valence-electron chi connectivity index (χ3n) is 4.72. The molecule has 29 heavy (non-hydrogen) atoms. The molecular weight excluding hydrogens is 376 g/mol. The molecule has 1 aliphatic heterocycles. The second-order valence-corrected chi connectivity index (χ2v) is 6.41. The first kappa shape index (κ1) is 17.1. The molecule has 144 valence electrons. The van der Waals surface area contributed by atoms with Gasteiger partial charge >= 0.3 is 0 Å². The largest absolute Gasteiger partial charge is 0.496 e. The molecule has 0 radical (unpaired) electrons. The van der Waals surface area contributed by atoms with E-state index >= 15 is 0 Å². The minimum Gasteiger partial charge on any atom is -0.496 e. The molecule has 3 aromatic carbocycles. The number of rotatable bonds is 4. The van der Waals surface area contributed by atoms with Gasteiger partial charge in [-0.15, -0.1) is 0 Å². The van der Waals surface area contributed by atoms with E-state index in [-0.39, 0.29) is 18.4 Å². The number of aromatic nitrogens is 1. The monoisotopic (exact) mass is 390 g/mol. The van der Waals surface area contributed by atoms with Gasteiger partial charge in [-0.25, -0.2) is 4.98 Å². The summed E-state index contributed by atoms with van der Waals surface area (Å²) in [5, 5.41) is 11.1. The lowest BCUT2D eigenvalue weighted by Crippen LogP contribution is -1.92. The van der Waals surface area contributed by atoms with E-state index in [1.807, 2.05) is 36.4 Å². The van der Waals surface area contributed by atoms with Gasteiger partial charge < -0.3 is 18.6 Å². The first-order chi connectivity index (χ1) is 14.1. The number of benzene rings is 3. The molecule has 0 saturated carbocycles. The Kier molecular flexibility index (Phi) is 3.83. The Morgan fingerprint density at radius 1 is 1.00 bits per heavy atom. The zero-order chi connectivity index (χ0) is 20.0. The van der Waals surface area contributed by atoms with E-state index < -0.39 is 4.92 Å². The van der Waals surface area contributed by atoms with Crippen molar-refractivity contribution in [2.45, 2.75) is 0 Å². The van der Waals surface area contributed by atoms with Gasteiger partial charge in [-0.3, -0.25) is 10.1 Å². The molecule has 0 saturated heterocycles. The van der Waals surface area contributed by atoms with Crippen LogP contribution in [0.1, 0.15) is 0 Å². The molecular formula is C21H14N2O6. The lowest BCUT2D eigenvalue weighted by Gasteiger charge is -2.04. The van der Waals surface area contributed by atoms with Crippen molar-refractivity contribution in [1.29, 1.82) is 0 Å². The maximum Gasteiger partial charge on any atom is 0.270 e. The molecule has 0 N–H and O–H groups in total. The Hall–Kier alpha value is -4.07. The summed E-state index contributed by atoms with van der Waals surface area (Å²) in [6.45, 7) is 0.218. The maximum atomic E-state index is 11.1. The highest BCUT2D eigenvalue weighted by Crippen LogP contribution is 2.38. The van der Waals surface area contributed by atoms with E-state index in [9.17, 15) is 10.1 Å². The predicted octanol–water partition coefficient (Wildman–Crippen LogP) is 4.81. The van der Waals surface area contributed by atoms with Crippen LogP contribution in [0, 0.1) is 10.1 Å². The van der Waals surface area contributed by atoms with Crippen LogP contribution in [0.4, 0.5) is 5.69 Å². The molecule has 8 nitrogen and oxygen atoms in total. The third-order valence-corrected chi connectivity index (χ3v) is 4.72. The molecule has 1 aliphatic rings. The second-order valence-electron chi connectivity index (χ2n) is 6.41. The molecule has 0 unspecified atom stereocenters. The molecule has 0 amide bonds. The summed E-state index contributed by atoms with van der Waals surface area (Å²) < 4.78 is 21.9. The lowest BCUT2D eigenvalue weighted by atomic mass is 10.0. The van der Waals surface area contributed by atoms with Gasteiger partial charge in [-0.1, -0.05) is 12.1 Å². The molecule has 0 atom stereocenters. The number of fused-ring (bicyclic) bond motifs is 2. The highest BCUT2D eigenvalue weighted by atomic mass is 16.7. The Bertz CT molecular complexity index is 1260. The summed E-state index contributed by atoms with van der Waals surface area (Å²) in [6, 6.07) is 15.6. The van der Waals surface area contributed by atoms with E-state index in [2.05, 4.69) is 4.98 Å². The van der Waals surface area contributed by atoms with Crippen molar-refractivity contribution in [3.8, 4) is 39.8 Å². The van der Waals surface area contributed by atoms with E-state index in [0.29, 0.717) is 28.2 Å². The number of methoxy groups -OCH3 is 1. The molecule has 0 aliphatic carbocycles. The average Bonchev–Trinajstić information content (AvgIpc) is 3.38. The van der Waals surface area contributed by atoms with Crippen molar-refractivity contribution in [1.82, 2.24) is 4.98 Å². The fourth-order valence-corrected chi connectivity index (χ4v) is 3.27. The number of non-ortho nitro benzene ring substituents is 1. The summed E-state index contributed by atoms with van der Waals surface area (Å²) >= 11 is 0. The van der Waals surface area contributed by atoms with Gasteiger partial charge in [-0.05, 0) is 41.5 Å². The molecule has 5 rings (SSSR count). The van der Waals surface area contributed by atoms with Gasteiger partial charge in [0.2, 0.25) is 12.7 Å². The number of hydrogen-bond donors (Lipinski definition) is 0. The topological polar surface area (TPSA) is 96.9 Å². The lowest BCUT2D eigenvalue weighted by molar-refractivity contribution is -0.384. The van der Waals surface area contributed by atoms with Crippen LogP contribution in [0.5, 0.6) is 17.2 Å². The first-order valence-electron chi connectivity index (χ1n) is 8.76. The van der Waals surface area contributed by atoms with Crippen LogP contribution in [0.25, 0.3) is 33.7 Å². The first-order valence-corrected chi connectivity index (χ1v) is 8.76. The van der Waals surface area contributed by atoms with Gasteiger partial charge in [-0.2, -0.15) is 0 Å². The second kappa shape index (κ2) is 6.52. The molecule has 2 heterocycles. The quantitative estimate of drug-likeness (QED) is 0.364. The predicted molar refractivity (Wildman–Crippen MR) is 104 cm³/mol. The summed E-state index contributed by atoms with van der Waals surface area (Å²) in [6.07, 6.45) is 0. The summed E-state index contributed by atoms with van der Waals surface area (Å²) in [5.74, 6) is 2.11. The summed E-state index contributed by atoms with van der Waals surface area (Å²) in [5.41, 5.74) is 3.43. The van der Waals surface area contributed by atoms with E-state index in [1.165, 1.54) is 25.3 Å². The van der Waals surface area contributed by atoms with Crippen LogP contribution in [0.2, 0.25) is 0 Å². The van der Waals surface area contributed by atoms with Crippen LogP contribution in [-0.2, 0) is 0 Å². The van der Waals surface area contributed by atoms with Gasteiger partial charge in [0.05, 0.1) is 17.6 Å². The minimum absolute atomic E-state index is 0.0656. The SMILES string of the molecule is COc1ccc([N+](=O)[O-])cc1-c1nc2cc(-c3ccc4c(c3)OCO4)ccc2o1. The molecule has 0 fully saturated rings. The van der Waals surface area contributed by atoms with E-state index in [1.54, 1.807) is 0 Å². The Labute approximate surface area is 164 Å². The fourth-order valence-electron chi connectivity index (χ4n) is 3.27. The van der Waals surface area contributed by atoms with Gasteiger partial charge in [0.25, 0.3) is 5.69 Å². The highest BCUT2D eigenvalue weighted by Gasteiger charge is 2.19.